The fraction of sp³-hybridized carbons (Fsp3) is 0.136. The van der Waals surface area contributed by atoms with Crippen LogP contribution >= 0.6 is 0 Å². The molecule has 0 aliphatic heterocycles. The summed E-state index contributed by atoms with van der Waals surface area (Å²) in [5, 5.41) is 12.5. The maximum atomic E-state index is 12.6. The van der Waals surface area contributed by atoms with E-state index < -0.39 is 0 Å². The Kier molecular flexibility index (Phi) is 5.94. The summed E-state index contributed by atoms with van der Waals surface area (Å²) in [5.74, 6) is 1.01. The van der Waals surface area contributed by atoms with Crippen molar-refractivity contribution in [1.82, 2.24) is 5.32 Å². The number of methoxy groups -OCH3 is 1. The zero-order valence-electron chi connectivity index (χ0n) is 15.0. The van der Waals surface area contributed by atoms with Crippen LogP contribution in [-0.2, 0) is 13.2 Å². The first kappa shape index (κ1) is 18.3. The summed E-state index contributed by atoms with van der Waals surface area (Å²) in [6.07, 6.45) is 0. The van der Waals surface area contributed by atoms with Gasteiger partial charge in [-0.25, -0.2) is 0 Å². The molecule has 0 radical (unpaired) electrons. The van der Waals surface area contributed by atoms with Crippen LogP contribution in [0.15, 0.2) is 72.8 Å². The van der Waals surface area contributed by atoms with E-state index in [0.29, 0.717) is 24.5 Å². The van der Waals surface area contributed by atoms with Gasteiger partial charge in [0, 0.05) is 17.7 Å². The highest BCUT2D eigenvalue weighted by atomic mass is 16.5. The minimum atomic E-state index is -0.186. The number of carbonyl (C=O) groups is 1. The monoisotopic (exact) mass is 363 g/mol. The van der Waals surface area contributed by atoms with E-state index in [1.54, 1.807) is 24.3 Å². The second kappa shape index (κ2) is 8.76. The van der Waals surface area contributed by atoms with E-state index in [1.807, 2.05) is 48.5 Å². The van der Waals surface area contributed by atoms with Crippen LogP contribution < -0.4 is 14.8 Å². The van der Waals surface area contributed by atoms with Crippen molar-refractivity contribution in [2.45, 2.75) is 13.2 Å². The minimum Gasteiger partial charge on any atom is -0.504 e. The maximum Gasteiger partial charge on any atom is 0.251 e. The third-order valence-electron chi connectivity index (χ3n) is 4.10. The molecular weight excluding hydrogens is 342 g/mol. The number of carbonyl (C=O) groups excluding carboxylic acids is 1. The zero-order chi connectivity index (χ0) is 19.1. The number of hydrogen-bond acceptors (Lipinski definition) is 4. The van der Waals surface area contributed by atoms with Crippen LogP contribution in [0.2, 0.25) is 0 Å². The summed E-state index contributed by atoms with van der Waals surface area (Å²) in [5.41, 5.74) is 2.21. The van der Waals surface area contributed by atoms with Gasteiger partial charge in [-0.15, -0.1) is 0 Å². The van der Waals surface area contributed by atoms with E-state index in [9.17, 15) is 9.90 Å². The van der Waals surface area contributed by atoms with Crippen LogP contribution in [0.5, 0.6) is 17.2 Å². The van der Waals surface area contributed by atoms with Crippen molar-refractivity contribution in [2.75, 3.05) is 7.11 Å². The molecule has 2 N–H and O–H groups in total. The Morgan fingerprint density at radius 1 is 1.00 bits per heavy atom. The Labute approximate surface area is 158 Å². The van der Waals surface area contributed by atoms with Crippen LogP contribution in [0.1, 0.15) is 21.5 Å². The lowest BCUT2D eigenvalue weighted by Gasteiger charge is -2.12. The number of phenols is 1. The molecule has 138 valence electrons. The lowest BCUT2D eigenvalue weighted by atomic mass is 10.1. The number of aromatic hydroxyl groups is 1. The number of benzene rings is 3. The molecular formula is C22H21NO4. The van der Waals surface area contributed by atoms with Crippen molar-refractivity contribution in [3.63, 3.8) is 0 Å². The standard InChI is InChI=1S/C22H21NO4/c1-26-21-13-16(11-12-20(21)24)14-23-22(25)19-10-6-5-7-17(19)15-27-18-8-3-2-4-9-18/h2-13,24H,14-15H2,1H3,(H,23,25). The Balaban J connectivity index is 1.66. The van der Waals surface area contributed by atoms with Crippen molar-refractivity contribution < 1.29 is 19.4 Å². The van der Waals surface area contributed by atoms with Gasteiger partial charge in [-0.2, -0.15) is 0 Å². The number of para-hydroxylation sites is 1. The lowest BCUT2D eigenvalue weighted by Crippen LogP contribution is -2.24. The molecule has 27 heavy (non-hydrogen) atoms. The predicted octanol–water partition coefficient (Wildman–Crippen LogP) is 3.91. The topological polar surface area (TPSA) is 67.8 Å². The third-order valence-corrected chi connectivity index (χ3v) is 4.10. The molecule has 0 aliphatic rings. The van der Waals surface area contributed by atoms with E-state index in [0.717, 1.165) is 16.9 Å². The van der Waals surface area contributed by atoms with E-state index in [4.69, 9.17) is 9.47 Å². The summed E-state index contributed by atoms with van der Waals surface area (Å²) >= 11 is 0. The second-order valence-electron chi connectivity index (χ2n) is 5.95. The summed E-state index contributed by atoms with van der Waals surface area (Å²) in [6, 6.07) is 21.8. The second-order valence-corrected chi connectivity index (χ2v) is 5.95. The summed E-state index contributed by atoms with van der Waals surface area (Å²) in [4.78, 5) is 12.6. The molecule has 3 aromatic rings. The molecule has 0 aliphatic carbocycles. The summed E-state index contributed by atoms with van der Waals surface area (Å²) in [7, 11) is 1.49. The van der Waals surface area contributed by atoms with Crippen LogP contribution in [0, 0.1) is 0 Å². The smallest absolute Gasteiger partial charge is 0.251 e. The van der Waals surface area contributed by atoms with Crippen molar-refractivity contribution in [3.8, 4) is 17.2 Å². The Morgan fingerprint density at radius 3 is 2.52 bits per heavy atom. The molecule has 0 unspecified atom stereocenters. The van der Waals surface area contributed by atoms with Crippen molar-refractivity contribution in [2.24, 2.45) is 0 Å². The highest BCUT2D eigenvalue weighted by Crippen LogP contribution is 2.26. The van der Waals surface area contributed by atoms with Gasteiger partial charge in [-0.1, -0.05) is 42.5 Å². The highest BCUT2D eigenvalue weighted by Gasteiger charge is 2.12. The van der Waals surface area contributed by atoms with Crippen molar-refractivity contribution in [3.05, 3.63) is 89.5 Å². The molecule has 0 fully saturated rings. The first-order valence-electron chi connectivity index (χ1n) is 8.57. The molecule has 0 heterocycles. The molecule has 0 atom stereocenters. The number of rotatable bonds is 7. The predicted molar refractivity (Wildman–Crippen MR) is 103 cm³/mol. The fourth-order valence-corrected chi connectivity index (χ4v) is 2.66. The minimum absolute atomic E-state index is 0.0657. The van der Waals surface area contributed by atoms with Gasteiger partial charge < -0.3 is 19.9 Å². The van der Waals surface area contributed by atoms with Gasteiger partial charge in [0.2, 0.25) is 0 Å². The molecule has 5 nitrogen and oxygen atoms in total. The van der Waals surface area contributed by atoms with E-state index in [-0.39, 0.29) is 11.7 Å². The molecule has 0 saturated heterocycles. The number of hydrogen-bond donors (Lipinski definition) is 2. The first-order chi connectivity index (χ1) is 13.2. The Bertz CT molecular complexity index is 909. The molecule has 1 amide bonds. The maximum absolute atomic E-state index is 12.6. The fourth-order valence-electron chi connectivity index (χ4n) is 2.66. The van der Waals surface area contributed by atoms with Gasteiger partial charge in [0.25, 0.3) is 5.91 Å². The van der Waals surface area contributed by atoms with Crippen LogP contribution in [0.25, 0.3) is 0 Å². The summed E-state index contributed by atoms with van der Waals surface area (Å²) < 4.78 is 10.9. The van der Waals surface area contributed by atoms with E-state index >= 15 is 0 Å². The highest BCUT2D eigenvalue weighted by molar-refractivity contribution is 5.95. The first-order valence-corrected chi connectivity index (χ1v) is 8.57. The normalized spacial score (nSPS) is 10.3. The van der Waals surface area contributed by atoms with Crippen molar-refractivity contribution in [1.29, 1.82) is 0 Å². The number of amides is 1. The molecule has 3 aromatic carbocycles. The Hall–Kier alpha value is -3.47. The molecule has 0 aromatic heterocycles. The van der Waals surface area contributed by atoms with Crippen LogP contribution in [0.4, 0.5) is 0 Å². The molecule has 0 saturated carbocycles. The lowest BCUT2D eigenvalue weighted by molar-refractivity contribution is 0.0948. The molecule has 5 heteroatoms. The largest absolute Gasteiger partial charge is 0.504 e. The van der Waals surface area contributed by atoms with Crippen molar-refractivity contribution >= 4 is 5.91 Å². The van der Waals surface area contributed by atoms with E-state index in [2.05, 4.69) is 5.32 Å². The van der Waals surface area contributed by atoms with Gasteiger partial charge >= 0.3 is 0 Å². The third kappa shape index (κ3) is 4.79. The average molecular weight is 363 g/mol. The SMILES string of the molecule is COc1cc(CNC(=O)c2ccccc2COc2ccccc2)ccc1O. The molecule has 0 spiro atoms. The quantitative estimate of drug-likeness (QED) is 0.668. The van der Waals surface area contributed by atoms with Crippen LogP contribution in [0.3, 0.4) is 0 Å². The number of ether oxygens (including phenoxy) is 2. The van der Waals surface area contributed by atoms with Gasteiger partial charge in [0.1, 0.15) is 12.4 Å². The molecule has 3 rings (SSSR count). The van der Waals surface area contributed by atoms with Gasteiger partial charge in [-0.3, -0.25) is 4.79 Å². The Morgan fingerprint density at radius 2 is 1.74 bits per heavy atom. The van der Waals surface area contributed by atoms with Gasteiger partial charge in [0.15, 0.2) is 11.5 Å². The van der Waals surface area contributed by atoms with Crippen LogP contribution in [-0.4, -0.2) is 18.1 Å². The number of nitrogens with one attached hydrogen (secondary N) is 1. The number of phenolic OH excluding ortho intramolecular Hbond substituents is 1. The average Bonchev–Trinajstić information content (AvgIpc) is 2.72. The molecule has 0 bridgehead atoms. The van der Waals surface area contributed by atoms with Gasteiger partial charge in [0.05, 0.1) is 7.11 Å². The zero-order valence-corrected chi connectivity index (χ0v) is 15.0. The summed E-state index contributed by atoms with van der Waals surface area (Å²) in [6.45, 7) is 0.629. The van der Waals surface area contributed by atoms with Gasteiger partial charge in [-0.05, 0) is 35.9 Å². The van der Waals surface area contributed by atoms with E-state index in [1.165, 1.54) is 7.11 Å².